The molecule has 2 aromatic rings. The van der Waals surface area contributed by atoms with Crippen LogP contribution in [0.2, 0.25) is 0 Å². The number of esters is 1. The van der Waals surface area contributed by atoms with Gasteiger partial charge < -0.3 is 10.1 Å². The van der Waals surface area contributed by atoms with Crippen LogP contribution < -0.4 is 5.32 Å². The summed E-state index contributed by atoms with van der Waals surface area (Å²) in [5.74, 6) is -1.09. The number of ketones is 1. The average molecular weight is 371 g/mol. The molecule has 0 spiro atoms. The minimum atomic E-state index is -0.630. The highest BCUT2D eigenvalue weighted by Crippen LogP contribution is 2.30. The maximum atomic E-state index is 12.1. The highest BCUT2D eigenvalue weighted by Gasteiger charge is 2.21. The summed E-state index contributed by atoms with van der Waals surface area (Å²) in [7, 11) is 0. The maximum Gasteiger partial charge on any atom is 0.348 e. The second kappa shape index (κ2) is 8.27. The van der Waals surface area contributed by atoms with Gasteiger partial charge in [0, 0.05) is 4.88 Å². The van der Waals surface area contributed by atoms with Gasteiger partial charge in [-0.05, 0) is 49.8 Å². The van der Waals surface area contributed by atoms with E-state index in [1.54, 1.807) is 0 Å². The minimum Gasteiger partial charge on any atom is -0.451 e. The van der Waals surface area contributed by atoms with Crippen molar-refractivity contribution in [3.05, 3.63) is 57.3 Å². The summed E-state index contributed by atoms with van der Waals surface area (Å²) in [6.45, 7) is 1.05. The SMILES string of the molecule is CC(=O)[C@H](Cc1ccccc1)NC(=O)COC(=O)c1cc2c(s1)CCC2. The van der Waals surface area contributed by atoms with Gasteiger partial charge in [-0.25, -0.2) is 4.79 Å². The Morgan fingerprint density at radius 2 is 1.96 bits per heavy atom. The number of amides is 1. The lowest BCUT2D eigenvalue weighted by Crippen LogP contribution is -2.43. The van der Waals surface area contributed by atoms with Gasteiger partial charge in [0.15, 0.2) is 12.4 Å². The molecule has 0 radical (unpaired) electrons. The van der Waals surface area contributed by atoms with Crippen molar-refractivity contribution in [1.82, 2.24) is 5.32 Å². The number of ether oxygens (including phenoxy) is 1. The van der Waals surface area contributed by atoms with Crippen molar-refractivity contribution in [2.75, 3.05) is 6.61 Å². The zero-order chi connectivity index (χ0) is 18.5. The smallest absolute Gasteiger partial charge is 0.348 e. The van der Waals surface area contributed by atoms with Crippen LogP contribution in [0.1, 0.15) is 39.0 Å². The number of aryl methyl sites for hydroxylation is 2. The molecule has 3 rings (SSSR count). The molecule has 1 atom stereocenters. The van der Waals surface area contributed by atoms with E-state index in [0.717, 1.165) is 24.8 Å². The third-order valence-corrected chi connectivity index (χ3v) is 5.61. The number of carbonyl (C=O) groups excluding carboxylic acids is 3. The van der Waals surface area contributed by atoms with Crippen LogP contribution in [0.3, 0.4) is 0 Å². The highest BCUT2D eigenvalue weighted by atomic mass is 32.1. The predicted octanol–water partition coefficient (Wildman–Crippen LogP) is 2.71. The third kappa shape index (κ3) is 4.58. The van der Waals surface area contributed by atoms with Crippen molar-refractivity contribution in [2.45, 2.75) is 38.6 Å². The fraction of sp³-hybridized carbons (Fsp3) is 0.350. The van der Waals surface area contributed by atoms with Crippen molar-refractivity contribution in [3.63, 3.8) is 0 Å². The Kier molecular flexibility index (Phi) is 5.83. The molecule has 26 heavy (non-hydrogen) atoms. The molecular formula is C20H21NO4S. The summed E-state index contributed by atoms with van der Waals surface area (Å²) in [5, 5.41) is 2.65. The number of hydrogen-bond donors (Lipinski definition) is 1. The van der Waals surface area contributed by atoms with Crippen LogP contribution in [0, 0.1) is 0 Å². The monoisotopic (exact) mass is 371 g/mol. The number of nitrogens with one attached hydrogen (secondary N) is 1. The number of carbonyl (C=O) groups is 3. The van der Waals surface area contributed by atoms with Crippen molar-refractivity contribution in [3.8, 4) is 0 Å². The molecule has 1 aromatic carbocycles. The molecule has 6 heteroatoms. The molecule has 0 aliphatic heterocycles. The van der Waals surface area contributed by atoms with Crippen molar-refractivity contribution in [1.29, 1.82) is 0 Å². The molecule has 1 N–H and O–H groups in total. The Morgan fingerprint density at radius 1 is 1.19 bits per heavy atom. The minimum absolute atomic E-state index is 0.136. The van der Waals surface area contributed by atoms with Crippen molar-refractivity contribution in [2.24, 2.45) is 0 Å². The quantitative estimate of drug-likeness (QED) is 0.760. The van der Waals surface area contributed by atoms with Gasteiger partial charge in [-0.2, -0.15) is 0 Å². The lowest BCUT2D eigenvalue weighted by molar-refractivity contribution is -0.128. The normalized spacial score (nSPS) is 13.7. The van der Waals surface area contributed by atoms with E-state index in [2.05, 4.69) is 5.32 Å². The van der Waals surface area contributed by atoms with Crippen LogP contribution in [0.25, 0.3) is 0 Å². The van der Waals surface area contributed by atoms with E-state index in [-0.39, 0.29) is 12.4 Å². The molecule has 0 fully saturated rings. The standard InChI is InChI=1S/C20H21NO4S/c1-13(22)16(10-14-6-3-2-4-7-14)21-19(23)12-25-20(24)18-11-15-8-5-9-17(15)26-18/h2-4,6-7,11,16H,5,8-10,12H2,1H3,(H,21,23)/t16-/m0/s1. The van der Waals surface area contributed by atoms with E-state index in [1.165, 1.54) is 28.7 Å². The second-order valence-electron chi connectivity index (χ2n) is 6.41. The van der Waals surface area contributed by atoms with E-state index >= 15 is 0 Å². The van der Waals surface area contributed by atoms with Crippen LogP contribution in [0.15, 0.2) is 36.4 Å². The number of hydrogen-bond acceptors (Lipinski definition) is 5. The second-order valence-corrected chi connectivity index (χ2v) is 7.55. The van der Waals surface area contributed by atoms with Gasteiger partial charge in [-0.15, -0.1) is 11.3 Å². The summed E-state index contributed by atoms with van der Waals surface area (Å²) in [6.07, 6.45) is 3.55. The Morgan fingerprint density at radius 3 is 2.65 bits per heavy atom. The zero-order valence-electron chi connectivity index (χ0n) is 14.6. The van der Waals surface area contributed by atoms with Crippen LogP contribution >= 0.6 is 11.3 Å². The first-order valence-corrected chi connectivity index (χ1v) is 9.47. The summed E-state index contributed by atoms with van der Waals surface area (Å²) in [4.78, 5) is 37.8. The predicted molar refractivity (Wildman–Crippen MR) is 99.4 cm³/mol. The van der Waals surface area contributed by atoms with E-state index < -0.39 is 17.9 Å². The van der Waals surface area contributed by atoms with E-state index in [4.69, 9.17) is 4.74 Å². The van der Waals surface area contributed by atoms with E-state index in [0.29, 0.717) is 11.3 Å². The number of Topliss-reactive ketones (excluding diaryl/α,β-unsaturated/α-hetero) is 1. The van der Waals surface area contributed by atoms with Gasteiger partial charge in [0.05, 0.1) is 6.04 Å². The Hall–Kier alpha value is -2.47. The molecule has 1 amide bonds. The van der Waals surface area contributed by atoms with Crippen LogP contribution in [-0.4, -0.2) is 30.3 Å². The fourth-order valence-electron chi connectivity index (χ4n) is 3.01. The topological polar surface area (TPSA) is 72.5 Å². The number of benzene rings is 1. The van der Waals surface area contributed by atoms with Gasteiger partial charge in [-0.1, -0.05) is 30.3 Å². The number of rotatable bonds is 7. The molecule has 5 nitrogen and oxygen atoms in total. The molecular weight excluding hydrogens is 350 g/mol. The highest BCUT2D eigenvalue weighted by molar-refractivity contribution is 7.14. The molecule has 0 saturated heterocycles. The molecule has 0 saturated carbocycles. The van der Waals surface area contributed by atoms with Crippen molar-refractivity contribution < 1.29 is 19.1 Å². The molecule has 136 valence electrons. The largest absolute Gasteiger partial charge is 0.451 e. The maximum absolute atomic E-state index is 12.1. The van der Waals surface area contributed by atoms with Crippen LogP contribution in [-0.2, 0) is 33.6 Å². The third-order valence-electron chi connectivity index (χ3n) is 4.39. The first kappa shape index (κ1) is 18.3. The van der Waals surface area contributed by atoms with Crippen LogP contribution in [0.4, 0.5) is 0 Å². The summed E-state index contributed by atoms with van der Waals surface area (Å²) in [5.41, 5.74) is 2.17. The van der Waals surface area contributed by atoms with E-state index in [1.807, 2.05) is 36.4 Å². The Balaban J connectivity index is 1.51. The first-order chi connectivity index (χ1) is 12.5. The molecule has 1 aromatic heterocycles. The van der Waals surface area contributed by atoms with Gasteiger partial charge in [0.2, 0.25) is 0 Å². The average Bonchev–Trinajstić information content (AvgIpc) is 3.22. The lowest BCUT2D eigenvalue weighted by Gasteiger charge is -2.16. The summed E-state index contributed by atoms with van der Waals surface area (Å²) in [6, 6.07) is 10.7. The molecule has 0 unspecified atom stereocenters. The molecule has 1 aliphatic rings. The lowest BCUT2D eigenvalue weighted by atomic mass is 10.0. The van der Waals surface area contributed by atoms with Gasteiger partial charge >= 0.3 is 5.97 Å². The number of fused-ring (bicyclic) bond motifs is 1. The van der Waals surface area contributed by atoms with Gasteiger partial charge in [0.25, 0.3) is 5.91 Å². The molecule has 1 aliphatic carbocycles. The number of thiophene rings is 1. The zero-order valence-corrected chi connectivity index (χ0v) is 15.4. The first-order valence-electron chi connectivity index (χ1n) is 8.65. The Labute approximate surface area is 156 Å². The fourth-order valence-corrected chi connectivity index (χ4v) is 4.16. The van der Waals surface area contributed by atoms with Crippen molar-refractivity contribution >= 4 is 29.0 Å². The Bertz CT molecular complexity index is 791. The van der Waals surface area contributed by atoms with Crippen LogP contribution in [0.5, 0.6) is 0 Å². The summed E-state index contributed by atoms with van der Waals surface area (Å²) < 4.78 is 5.11. The van der Waals surface area contributed by atoms with Gasteiger partial charge in [0.1, 0.15) is 4.88 Å². The van der Waals surface area contributed by atoms with Gasteiger partial charge in [-0.3, -0.25) is 9.59 Å². The molecule has 1 heterocycles. The summed E-state index contributed by atoms with van der Waals surface area (Å²) >= 11 is 1.44. The molecule has 0 bridgehead atoms. The van der Waals surface area contributed by atoms with E-state index in [9.17, 15) is 14.4 Å².